The van der Waals surface area contributed by atoms with Crippen molar-refractivity contribution in [2.45, 2.75) is 64.3 Å². The van der Waals surface area contributed by atoms with Crippen molar-refractivity contribution in [2.24, 2.45) is 11.3 Å². The summed E-state index contributed by atoms with van der Waals surface area (Å²) < 4.78 is 0. The second-order valence-electron chi connectivity index (χ2n) is 9.96. The number of nitrogens with one attached hydrogen (secondary N) is 2. The number of halogens is 1. The molecule has 172 valence electrons. The number of carbonyl (C=O) groups excluding carboxylic acids is 2. The van der Waals surface area contributed by atoms with Crippen molar-refractivity contribution < 1.29 is 9.59 Å². The van der Waals surface area contributed by atoms with Crippen LogP contribution in [0.1, 0.15) is 63.1 Å². The molecule has 1 aliphatic carbocycles. The van der Waals surface area contributed by atoms with Crippen LogP contribution in [0, 0.1) is 11.3 Å². The lowest BCUT2D eigenvalue weighted by atomic mass is 9.70. The zero-order valence-corrected chi connectivity index (χ0v) is 19.7. The molecule has 4 rings (SSSR count). The standard InChI is InChI=1S/C25H33ClN4O2/c1-25(2)15-30(12-11-21(25)17-7-9-19(26)10-8-17)24(32)22(13-20-14-27-16-28-20)29-23(31)18-5-3-4-6-18/h7-10,14,16,18,21-22H,3-6,11-13,15H2,1-2H3,(H,27,28)(H,29,31)/t21?,22-/m1/s1. The molecular weight excluding hydrogens is 424 g/mol. The van der Waals surface area contributed by atoms with Gasteiger partial charge in [0.25, 0.3) is 0 Å². The molecule has 1 saturated heterocycles. The largest absolute Gasteiger partial charge is 0.348 e. The van der Waals surface area contributed by atoms with Crippen molar-refractivity contribution in [3.63, 3.8) is 0 Å². The Morgan fingerprint density at radius 3 is 2.56 bits per heavy atom. The molecule has 6 nitrogen and oxygen atoms in total. The van der Waals surface area contributed by atoms with Gasteiger partial charge in [0, 0.05) is 42.3 Å². The maximum Gasteiger partial charge on any atom is 0.245 e. The van der Waals surface area contributed by atoms with Gasteiger partial charge in [-0.1, -0.05) is 50.4 Å². The minimum Gasteiger partial charge on any atom is -0.348 e. The van der Waals surface area contributed by atoms with Gasteiger partial charge in [0.05, 0.1) is 6.33 Å². The molecule has 1 unspecified atom stereocenters. The van der Waals surface area contributed by atoms with Crippen LogP contribution >= 0.6 is 11.6 Å². The van der Waals surface area contributed by atoms with E-state index in [0.29, 0.717) is 25.4 Å². The molecule has 0 spiro atoms. The monoisotopic (exact) mass is 456 g/mol. The van der Waals surface area contributed by atoms with Gasteiger partial charge in [-0.15, -0.1) is 0 Å². The van der Waals surface area contributed by atoms with Crippen molar-refractivity contribution in [1.29, 1.82) is 0 Å². The molecule has 2 amide bonds. The number of hydrogen-bond acceptors (Lipinski definition) is 3. The van der Waals surface area contributed by atoms with Crippen LogP contribution in [-0.2, 0) is 16.0 Å². The third-order valence-corrected chi connectivity index (χ3v) is 7.38. The second kappa shape index (κ2) is 9.65. The van der Waals surface area contributed by atoms with Gasteiger partial charge in [0.1, 0.15) is 6.04 Å². The average molecular weight is 457 g/mol. The van der Waals surface area contributed by atoms with E-state index >= 15 is 0 Å². The summed E-state index contributed by atoms with van der Waals surface area (Å²) in [6.45, 7) is 5.76. The number of nitrogens with zero attached hydrogens (tertiary/aromatic N) is 2. The van der Waals surface area contributed by atoms with Crippen molar-refractivity contribution in [3.05, 3.63) is 53.1 Å². The summed E-state index contributed by atoms with van der Waals surface area (Å²) in [6.07, 6.45) is 8.64. The smallest absolute Gasteiger partial charge is 0.245 e. The number of amides is 2. The van der Waals surface area contributed by atoms with E-state index in [1.165, 1.54) is 5.56 Å². The summed E-state index contributed by atoms with van der Waals surface area (Å²) in [7, 11) is 0. The van der Waals surface area contributed by atoms with Gasteiger partial charge in [-0.05, 0) is 48.3 Å². The molecule has 0 bridgehead atoms. The minimum atomic E-state index is -0.577. The summed E-state index contributed by atoms with van der Waals surface area (Å²) in [6, 6.07) is 7.48. The Hall–Kier alpha value is -2.34. The van der Waals surface area contributed by atoms with E-state index in [-0.39, 0.29) is 23.1 Å². The third-order valence-electron chi connectivity index (χ3n) is 7.13. The Morgan fingerprint density at radius 1 is 1.22 bits per heavy atom. The first-order valence-electron chi connectivity index (χ1n) is 11.7. The van der Waals surface area contributed by atoms with Gasteiger partial charge in [0.2, 0.25) is 11.8 Å². The van der Waals surface area contributed by atoms with Gasteiger partial charge in [0.15, 0.2) is 0 Å². The SMILES string of the molecule is CC1(C)CN(C(=O)[C@@H](Cc2cnc[nH]2)NC(=O)C2CCCC2)CCC1c1ccc(Cl)cc1. The molecule has 1 saturated carbocycles. The molecule has 2 atom stereocenters. The van der Waals surface area contributed by atoms with Crippen LogP contribution in [0.4, 0.5) is 0 Å². The fourth-order valence-corrected chi connectivity index (χ4v) is 5.50. The highest BCUT2D eigenvalue weighted by Gasteiger charge is 2.40. The molecule has 0 radical (unpaired) electrons. The molecule has 1 aromatic heterocycles. The van der Waals surface area contributed by atoms with Gasteiger partial charge < -0.3 is 15.2 Å². The van der Waals surface area contributed by atoms with Crippen LogP contribution in [0.3, 0.4) is 0 Å². The molecule has 1 aromatic carbocycles. The molecule has 2 heterocycles. The molecule has 2 N–H and O–H groups in total. The molecule has 2 aromatic rings. The number of piperidine rings is 1. The quantitative estimate of drug-likeness (QED) is 0.679. The Bertz CT molecular complexity index is 920. The maximum atomic E-state index is 13.6. The van der Waals surface area contributed by atoms with Gasteiger partial charge >= 0.3 is 0 Å². The Balaban J connectivity index is 1.47. The lowest BCUT2D eigenvalue weighted by Crippen LogP contribution is -2.55. The molecule has 2 fully saturated rings. The Labute approximate surface area is 195 Å². The highest BCUT2D eigenvalue weighted by molar-refractivity contribution is 6.30. The summed E-state index contributed by atoms with van der Waals surface area (Å²) in [5, 5.41) is 3.81. The van der Waals surface area contributed by atoms with Crippen LogP contribution in [0.5, 0.6) is 0 Å². The second-order valence-corrected chi connectivity index (χ2v) is 10.4. The maximum absolute atomic E-state index is 13.6. The first-order valence-corrected chi connectivity index (χ1v) is 12.0. The number of hydrogen-bond donors (Lipinski definition) is 2. The zero-order valence-electron chi connectivity index (χ0n) is 18.9. The number of aromatic amines is 1. The summed E-state index contributed by atoms with van der Waals surface area (Å²) in [5.74, 6) is 0.381. The molecular formula is C25H33ClN4O2. The van der Waals surface area contributed by atoms with Crippen LogP contribution in [0.2, 0.25) is 5.02 Å². The van der Waals surface area contributed by atoms with Gasteiger partial charge in [-0.25, -0.2) is 4.98 Å². The van der Waals surface area contributed by atoms with E-state index in [1.807, 2.05) is 17.0 Å². The number of aromatic nitrogens is 2. The molecule has 7 heteroatoms. The lowest BCUT2D eigenvalue weighted by Gasteiger charge is -2.45. The van der Waals surface area contributed by atoms with Crippen LogP contribution in [0.25, 0.3) is 0 Å². The number of H-pyrrole nitrogens is 1. The number of rotatable bonds is 6. The highest BCUT2D eigenvalue weighted by atomic mass is 35.5. The number of benzene rings is 1. The lowest BCUT2D eigenvalue weighted by molar-refractivity contribution is -0.140. The molecule has 1 aliphatic heterocycles. The predicted molar refractivity (Wildman–Crippen MR) is 125 cm³/mol. The fraction of sp³-hybridized carbons (Fsp3) is 0.560. The molecule has 2 aliphatic rings. The van der Waals surface area contributed by atoms with Crippen LogP contribution < -0.4 is 5.32 Å². The fourth-order valence-electron chi connectivity index (χ4n) is 5.37. The Morgan fingerprint density at radius 2 is 1.94 bits per heavy atom. The topological polar surface area (TPSA) is 78.1 Å². The van der Waals surface area contributed by atoms with E-state index in [9.17, 15) is 9.59 Å². The normalized spacial score (nSPS) is 22.0. The van der Waals surface area contributed by atoms with E-state index in [2.05, 4.69) is 41.3 Å². The van der Waals surface area contributed by atoms with Gasteiger partial charge in [-0.2, -0.15) is 0 Å². The summed E-state index contributed by atoms with van der Waals surface area (Å²) >= 11 is 6.07. The number of carbonyl (C=O) groups is 2. The first-order chi connectivity index (χ1) is 15.3. The highest BCUT2D eigenvalue weighted by Crippen LogP contribution is 2.42. The van der Waals surface area contributed by atoms with Crippen molar-refractivity contribution in [2.75, 3.05) is 13.1 Å². The summed E-state index contributed by atoms with van der Waals surface area (Å²) in [5.41, 5.74) is 2.02. The average Bonchev–Trinajstić information content (AvgIpc) is 3.47. The Kier molecular flexibility index (Phi) is 6.89. The van der Waals surface area contributed by atoms with E-state index in [1.54, 1.807) is 12.5 Å². The van der Waals surface area contributed by atoms with Gasteiger partial charge in [-0.3, -0.25) is 9.59 Å². The number of imidazole rings is 1. The van der Waals surface area contributed by atoms with E-state index in [0.717, 1.165) is 42.8 Å². The first kappa shape index (κ1) is 22.8. The van der Waals surface area contributed by atoms with E-state index in [4.69, 9.17) is 11.6 Å². The number of likely N-dealkylation sites (tertiary alicyclic amines) is 1. The third kappa shape index (κ3) is 5.17. The van der Waals surface area contributed by atoms with Crippen molar-refractivity contribution in [3.8, 4) is 0 Å². The minimum absolute atomic E-state index is 0.00595. The molecule has 32 heavy (non-hydrogen) atoms. The zero-order chi connectivity index (χ0) is 22.7. The summed E-state index contributed by atoms with van der Waals surface area (Å²) in [4.78, 5) is 35.5. The van der Waals surface area contributed by atoms with Crippen LogP contribution in [0.15, 0.2) is 36.8 Å². The van der Waals surface area contributed by atoms with E-state index < -0.39 is 6.04 Å². The van der Waals surface area contributed by atoms with Crippen molar-refractivity contribution in [1.82, 2.24) is 20.2 Å². The predicted octanol–water partition coefficient (Wildman–Crippen LogP) is 4.32. The van der Waals surface area contributed by atoms with Crippen molar-refractivity contribution >= 4 is 23.4 Å². The van der Waals surface area contributed by atoms with Crippen LogP contribution in [-0.4, -0.2) is 45.8 Å².